The van der Waals surface area contributed by atoms with Crippen molar-refractivity contribution in [2.75, 3.05) is 20.2 Å². The number of hydrogen-bond acceptors (Lipinski definition) is 3. The first kappa shape index (κ1) is 12.0. The van der Waals surface area contributed by atoms with Crippen LogP contribution in [-0.2, 0) is 4.74 Å². The maximum Gasteiger partial charge on any atom is 0.255 e. The molecule has 0 saturated carbocycles. The number of amides is 1. The molecule has 0 aliphatic carbocycles. The van der Waals surface area contributed by atoms with E-state index >= 15 is 0 Å². The predicted octanol–water partition coefficient (Wildman–Crippen LogP) is 1.58. The van der Waals surface area contributed by atoms with E-state index in [2.05, 4.69) is 11.9 Å². The van der Waals surface area contributed by atoms with Gasteiger partial charge in [-0.3, -0.25) is 9.78 Å². The minimum absolute atomic E-state index is 0.0482. The number of carbonyl (C=O) groups excluding carboxylic acids is 1. The van der Waals surface area contributed by atoms with Gasteiger partial charge in [0.15, 0.2) is 0 Å². The quantitative estimate of drug-likeness (QED) is 0.780. The van der Waals surface area contributed by atoms with E-state index in [4.69, 9.17) is 4.74 Å². The van der Waals surface area contributed by atoms with E-state index in [-0.39, 0.29) is 12.0 Å². The molecule has 2 atom stereocenters. The van der Waals surface area contributed by atoms with Crippen LogP contribution in [0.25, 0.3) is 0 Å². The Labute approximate surface area is 102 Å². The van der Waals surface area contributed by atoms with Crippen molar-refractivity contribution in [3.8, 4) is 0 Å². The summed E-state index contributed by atoms with van der Waals surface area (Å²) in [6.45, 7) is 3.64. The van der Waals surface area contributed by atoms with Crippen molar-refractivity contribution in [3.05, 3.63) is 30.1 Å². The number of piperidine rings is 1. The molecule has 1 aliphatic rings. The molecule has 0 bridgehead atoms. The van der Waals surface area contributed by atoms with E-state index in [0.717, 1.165) is 13.0 Å². The van der Waals surface area contributed by atoms with Gasteiger partial charge < -0.3 is 9.64 Å². The summed E-state index contributed by atoms with van der Waals surface area (Å²) in [6.07, 6.45) is 4.42. The van der Waals surface area contributed by atoms with Gasteiger partial charge in [0.1, 0.15) is 0 Å². The van der Waals surface area contributed by atoms with Crippen LogP contribution < -0.4 is 0 Å². The van der Waals surface area contributed by atoms with Crippen molar-refractivity contribution >= 4 is 5.91 Å². The van der Waals surface area contributed by atoms with Crippen LogP contribution in [0.4, 0.5) is 0 Å². The summed E-state index contributed by atoms with van der Waals surface area (Å²) >= 11 is 0. The number of aromatic nitrogens is 1. The largest absolute Gasteiger partial charge is 0.379 e. The van der Waals surface area contributed by atoms with Crippen molar-refractivity contribution in [2.45, 2.75) is 19.4 Å². The molecule has 0 spiro atoms. The van der Waals surface area contributed by atoms with E-state index in [0.29, 0.717) is 18.0 Å². The number of pyridine rings is 1. The highest BCUT2D eigenvalue weighted by atomic mass is 16.5. The van der Waals surface area contributed by atoms with Crippen molar-refractivity contribution < 1.29 is 9.53 Å². The lowest BCUT2D eigenvalue weighted by molar-refractivity contribution is -0.00158. The molecule has 1 aliphatic heterocycles. The standard InChI is InChI=1S/C13H18N2O2/c1-10-5-7-15(9-12(10)17-2)13(16)11-4-3-6-14-8-11/h3-4,6,8,10,12H,5,7,9H2,1-2H3/t10-,12+/m0/s1. The van der Waals surface area contributed by atoms with Crippen LogP contribution in [0.1, 0.15) is 23.7 Å². The summed E-state index contributed by atoms with van der Waals surface area (Å²) in [4.78, 5) is 18.0. The molecule has 4 nitrogen and oxygen atoms in total. The zero-order valence-corrected chi connectivity index (χ0v) is 10.3. The van der Waals surface area contributed by atoms with Gasteiger partial charge in [0.05, 0.1) is 11.7 Å². The highest BCUT2D eigenvalue weighted by molar-refractivity contribution is 5.93. The monoisotopic (exact) mass is 234 g/mol. The average Bonchev–Trinajstić information content (AvgIpc) is 2.39. The number of methoxy groups -OCH3 is 1. The Hall–Kier alpha value is -1.42. The number of likely N-dealkylation sites (tertiary alicyclic amines) is 1. The molecule has 1 aromatic rings. The zero-order chi connectivity index (χ0) is 12.3. The van der Waals surface area contributed by atoms with Gasteiger partial charge in [0.2, 0.25) is 0 Å². The van der Waals surface area contributed by atoms with Gasteiger partial charge in [0.25, 0.3) is 5.91 Å². The number of rotatable bonds is 2. The van der Waals surface area contributed by atoms with Crippen LogP contribution in [0.15, 0.2) is 24.5 Å². The molecular weight excluding hydrogens is 216 g/mol. The van der Waals surface area contributed by atoms with E-state index in [9.17, 15) is 4.79 Å². The fourth-order valence-corrected chi connectivity index (χ4v) is 2.20. The maximum absolute atomic E-state index is 12.2. The Morgan fingerprint density at radius 2 is 2.41 bits per heavy atom. The molecule has 0 aromatic carbocycles. The lowest BCUT2D eigenvalue weighted by Crippen LogP contribution is -2.46. The fourth-order valence-electron chi connectivity index (χ4n) is 2.20. The van der Waals surface area contributed by atoms with Crippen LogP contribution in [0.3, 0.4) is 0 Å². The molecule has 1 aromatic heterocycles. The van der Waals surface area contributed by atoms with E-state index < -0.39 is 0 Å². The number of hydrogen-bond donors (Lipinski definition) is 0. The van der Waals surface area contributed by atoms with Crippen LogP contribution >= 0.6 is 0 Å². The second kappa shape index (κ2) is 5.27. The second-order valence-corrected chi connectivity index (χ2v) is 4.53. The van der Waals surface area contributed by atoms with Crippen molar-refractivity contribution in [1.82, 2.24) is 9.88 Å². The summed E-state index contributed by atoms with van der Waals surface area (Å²) in [5, 5.41) is 0. The molecule has 17 heavy (non-hydrogen) atoms. The summed E-state index contributed by atoms with van der Waals surface area (Å²) in [5.41, 5.74) is 0.650. The fraction of sp³-hybridized carbons (Fsp3) is 0.538. The van der Waals surface area contributed by atoms with Crippen molar-refractivity contribution in [2.24, 2.45) is 5.92 Å². The first-order chi connectivity index (χ1) is 8.22. The molecule has 1 saturated heterocycles. The van der Waals surface area contributed by atoms with Crippen LogP contribution in [0.5, 0.6) is 0 Å². The van der Waals surface area contributed by atoms with Gasteiger partial charge in [-0.15, -0.1) is 0 Å². The van der Waals surface area contributed by atoms with Crippen molar-refractivity contribution in [1.29, 1.82) is 0 Å². The molecular formula is C13H18N2O2. The summed E-state index contributed by atoms with van der Waals surface area (Å²) in [7, 11) is 1.71. The molecule has 4 heteroatoms. The van der Waals surface area contributed by atoms with Crippen molar-refractivity contribution in [3.63, 3.8) is 0 Å². The smallest absolute Gasteiger partial charge is 0.255 e. The van der Waals surface area contributed by atoms with Gasteiger partial charge >= 0.3 is 0 Å². The zero-order valence-electron chi connectivity index (χ0n) is 10.3. The third kappa shape index (κ3) is 2.64. The number of carbonyl (C=O) groups is 1. The normalized spacial score (nSPS) is 24.7. The highest BCUT2D eigenvalue weighted by Gasteiger charge is 2.29. The SMILES string of the molecule is CO[C@@H]1CN(C(=O)c2cccnc2)CC[C@@H]1C. The topological polar surface area (TPSA) is 42.4 Å². The summed E-state index contributed by atoms with van der Waals surface area (Å²) in [6, 6.07) is 3.59. The molecule has 0 N–H and O–H groups in total. The molecule has 1 amide bonds. The van der Waals surface area contributed by atoms with E-state index in [1.54, 1.807) is 31.6 Å². The Kier molecular flexibility index (Phi) is 3.74. The van der Waals surface area contributed by atoms with E-state index in [1.807, 2.05) is 4.90 Å². The molecule has 92 valence electrons. The van der Waals surface area contributed by atoms with Crippen LogP contribution in [-0.4, -0.2) is 42.1 Å². The summed E-state index contributed by atoms with van der Waals surface area (Å²) in [5.74, 6) is 0.560. The number of ether oxygens (including phenoxy) is 1. The van der Waals surface area contributed by atoms with Crippen LogP contribution in [0, 0.1) is 5.92 Å². The first-order valence-electron chi connectivity index (χ1n) is 5.94. The van der Waals surface area contributed by atoms with E-state index in [1.165, 1.54) is 0 Å². The van der Waals surface area contributed by atoms with Crippen LogP contribution in [0.2, 0.25) is 0 Å². The van der Waals surface area contributed by atoms with Gasteiger partial charge in [-0.1, -0.05) is 6.92 Å². The Morgan fingerprint density at radius 1 is 1.59 bits per heavy atom. The first-order valence-corrected chi connectivity index (χ1v) is 5.94. The Bertz CT molecular complexity index is 380. The lowest BCUT2D eigenvalue weighted by Gasteiger charge is -2.36. The highest BCUT2D eigenvalue weighted by Crippen LogP contribution is 2.20. The average molecular weight is 234 g/mol. The van der Waals surface area contributed by atoms with Gasteiger partial charge in [-0.05, 0) is 24.5 Å². The lowest BCUT2D eigenvalue weighted by atomic mass is 9.95. The minimum Gasteiger partial charge on any atom is -0.379 e. The molecule has 2 rings (SSSR count). The predicted molar refractivity (Wildman–Crippen MR) is 64.7 cm³/mol. The molecule has 1 fully saturated rings. The molecule has 2 heterocycles. The Balaban J connectivity index is 2.06. The Morgan fingerprint density at radius 3 is 3.06 bits per heavy atom. The maximum atomic E-state index is 12.2. The van der Waals surface area contributed by atoms with Gasteiger partial charge in [-0.2, -0.15) is 0 Å². The molecule has 0 radical (unpaired) electrons. The second-order valence-electron chi connectivity index (χ2n) is 4.53. The number of nitrogens with zero attached hydrogens (tertiary/aromatic N) is 2. The van der Waals surface area contributed by atoms with Gasteiger partial charge in [0, 0.05) is 32.6 Å². The molecule has 0 unspecified atom stereocenters. The third-order valence-corrected chi connectivity index (χ3v) is 3.39. The minimum atomic E-state index is 0.0482. The third-order valence-electron chi connectivity index (χ3n) is 3.39. The summed E-state index contributed by atoms with van der Waals surface area (Å²) < 4.78 is 5.41. The van der Waals surface area contributed by atoms with Gasteiger partial charge in [-0.25, -0.2) is 0 Å².